The number of thioether (sulfide) groups is 1. The number of hydrogen-bond acceptors (Lipinski definition) is 5. The Morgan fingerprint density at radius 3 is 2.29 bits per heavy atom. The van der Waals surface area contributed by atoms with Crippen molar-refractivity contribution in [1.29, 1.82) is 0 Å². The van der Waals surface area contributed by atoms with E-state index in [1.165, 1.54) is 7.11 Å². The summed E-state index contributed by atoms with van der Waals surface area (Å²) in [6, 6.07) is -0.696. The average Bonchev–Trinajstić information content (AvgIpc) is 2.24. The van der Waals surface area contributed by atoms with E-state index in [-0.39, 0.29) is 23.3 Å². The predicted octanol–water partition coefficient (Wildman–Crippen LogP) is 0.118. The first kappa shape index (κ1) is 15.8. The SMILES string of the molecule is COC(=O)[C@@H](NC(=O)CSCC(=O)O)C(C)C. The molecule has 0 aliphatic carbocycles. The van der Waals surface area contributed by atoms with Crippen LogP contribution in [0.2, 0.25) is 0 Å². The Morgan fingerprint density at radius 1 is 1.29 bits per heavy atom. The van der Waals surface area contributed by atoms with Crippen molar-refractivity contribution in [3.05, 3.63) is 0 Å². The van der Waals surface area contributed by atoms with E-state index in [4.69, 9.17) is 5.11 Å². The van der Waals surface area contributed by atoms with E-state index in [9.17, 15) is 14.4 Å². The molecule has 0 aromatic heterocycles. The first-order valence-corrected chi connectivity index (χ1v) is 6.20. The van der Waals surface area contributed by atoms with Gasteiger partial charge in [0.25, 0.3) is 0 Å². The van der Waals surface area contributed by atoms with Crippen molar-refractivity contribution in [2.24, 2.45) is 5.92 Å². The summed E-state index contributed by atoms with van der Waals surface area (Å²) in [6.45, 7) is 3.57. The molecule has 0 unspecified atom stereocenters. The Balaban J connectivity index is 4.13. The maximum atomic E-state index is 11.4. The first-order chi connectivity index (χ1) is 7.88. The molecule has 2 N–H and O–H groups in total. The largest absolute Gasteiger partial charge is 0.481 e. The summed E-state index contributed by atoms with van der Waals surface area (Å²) >= 11 is 0.979. The molecule has 0 radical (unpaired) electrons. The van der Waals surface area contributed by atoms with Crippen molar-refractivity contribution in [2.75, 3.05) is 18.6 Å². The fourth-order valence-electron chi connectivity index (χ4n) is 1.07. The lowest BCUT2D eigenvalue weighted by Gasteiger charge is -2.19. The summed E-state index contributed by atoms with van der Waals surface area (Å²) in [7, 11) is 1.25. The highest BCUT2D eigenvalue weighted by Crippen LogP contribution is 2.05. The van der Waals surface area contributed by atoms with Gasteiger partial charge in [-0.1, -0.05) is 13.8 Å². The number of esters is 1. The maximum Gasteiger partial charge on any atom is 0.328 e. The van der Waals surface area contributed by atoms with E-state index >= 15 is 0 Å². The van der Waals surface area contributed by atoms with E-state index in [0.29, 0.717) is 0 Å². The van der Waals surface area contributed by atoms with Crippen LogP contribution in [-0.2, 0) is 19.1 Å². The summed E-state index contributed by atoms with van der Waals surface area (Å²) in [4.78, 5) is 33.0. The predicted molar refractivity (Wildman–Crippen MR) is 63.7 cm³/mol. The second-order valence-electron chi connectivity index (χ2n) is 3.70. The Morgan fingerprint density at radius 2 is 1.88 bits per heavy atom. The number of rotatable bonds is 7. The fraction of sp³-hybridized carbons (Fsp3) is 0.700. The van der Waals surface area contributed by atoms with Crippen LogP contribution in [0.1, 0.15) is 13.8 Å². The number of carbonyl (C=O) groups is 3. The van der Waals surface area contributed by atoms with Crippen LogP contribution in [0.15, 0.2) is 0 Å². The van der Waals surface area contributed by atoms with Crippen molar-refractivity contribution >= 4 is 29.6 Å². The number of carbonyl (C=O) groups excluding carboxylic acids is 2. The van der Waals surface area contributed by atoms with Crippen LogP contribution >= 0.6 is 11.8 Å². The zero-order valence-corrected chi connectivity index (χ0v) is 10.9. The number of hydrogen-bond donors (Lipinski definition) is 2. The highest BCUT2D eigenvalue weighted by Gasteiger charge is 2.24. The van der Waals surface area contributed by atoms with Crippen LogP contribution in [0.3, 0.4) is 0 Å². The van der Waals surface area contributed by atoms with Gasteiger partial charge in [0.2, 0.25) is 5.91 Å². The maximum absolute atomic E-state index is 11.4. The minimum absolute atomic E-state index is 0.00646. The summed E-state index contributed by atoms with van der Waals surface area (Å²) in [5.74, 6) is -2.08. The molecule has 0 aromatic rings. The van der Waals surface area contributed by atoms with Crippen LogP contribution in [-0.4, -0.2) is 47.6 Å². The standard InChI is InChI=1S/C10H17NO5S/c1-6(2)9(10(15)16-3)11-7(12)4-17-5-8(13)14/h6,9H,4-5H2,1-3H3,(H,11,12)(H,13,14)/t9-/m0/s1. The quantitative estimate of drug-likeness (QED) is 0.634. The molecule has 7 heteroatoms. The molecule has 6 nitrogen and oxygen atoms in total. The molecule has 17 heavy (non-hydrogen) atoms. The lowest BCUT2D eigenvalue weighted by atomic mass is 10.1. The van der Waals surface area contributed by atoms with Crippen molar-refractivity contribution in [3.63, 3.8) is 0 Å². The summed E-state index contributed by atoms with van der Waals surface area (Å²) in [5.41, 5.74) is 0. The molecule has 1 amide bonds. The minimum Gasteiger partial charge on any atom is -0.481 e. The lowest BCUT2D eigenvalue weighted by Crippen LogP contribution is -2.45. The normalized spacial score (nSPS) is 12.0. The van der Waals surface area contributed by atoms with Gasteiger partial charge in [-0.25, -0.2) is 4.79 Å². The summed E-state index contributed by atoms with van der Waals surface area (Å²) in [5, 5.41) is 10.9. The summed E-state index contributed by atoms with van der Waals surface area (Å²) < 4.78 is 4.56. The van der Waals surface area contributed by atoms with Crippen molar-refractivity contribution in [3.8, 4) is 0 Å². The van der Waals surface area contributed by atoms with Crippen LogP contribution < -0.4 is 5.32 Å². The number of amides is 1. The van der Waals surface area contributed by atoms with Crippen molar-refractivity contribution in [2.45, 2.75) is 19.9 Å². The molecule has 0 rings (SSSR count). The number of nitrogens with one attached hydrogen (secondary N) is 1. The Bertz CT molecular complexity index is 292. The third kappa shape index (κ3) is 6.83. The Hall–Kier alpha value is -1.24. The third-order valence-corrected chi connectivity index (χ3v) is 2.81. The van der Waals surface area contributed by atoms with Gasteiger partial charge in [-0.3, -0.25) is 9.59 Å². The number of carboxylic acids is 1. The first-order valence-electron chi connectivity index (χ1n) is 5.05. The molecule has 0 bridgehead atoms. The van der Waals surface area contributed by atoms with Gasteiger partial charge < -0.3 is 15.2 Å². The molecular formula is C10H17NO5S. The zero-order chi connectivity index (χ0) is 13.4. The second-order valence-corrected chi connectivity index (χ2v) is 4.68. The summed E-state index contributed by atoms with van der Waals surface area (Å²) in [6.07, 6.45) is 0. The molecular weight excluding hydrogens is 246 g/mol. The van der Waals surface area contributed by atoms with E-state index in [0.717, 1.165) is 11.8 Å². The van der Waals surface area contributed by atoms with Gasteiger partial charge in [0, 0.05) is 0 Å². The van der Waals surface area contributed by atoms with Gasteiger partial charge in [-0.15, -0.1) is 11.8 Å². The van der Waals surface area contributed by atoms with Gasteiger partial charge in [-0.05, 0) is 5.92 Å². The van der Waals surface area contributed by atoms with Crippen molar-refractivity contribution < 1.29 is 24.2 Å². The highest BCUT2D eigenvalue weighted by atomic mass is 32.2. The van der Waals surface area contributed by atoms with Gasteiger partial charge in [0.05, 0.1) is 18.6 Å². The second kappa shape index (κ2) is 7.94. The average molecular weight is 263 g/mol. The molecule has 0 aliphatic rings. The van der Waals surface area contributed by atoms with Gasteiger partial charge >= 0.3 is 11.9 Å². The number of aliphatic carboxylic acids is 1. The Labute approximate surface area is 104 Å². The van der Waals surface area contributed by atoms with Crippen LogP contribution in [0.4, 0.5) is 0 Å². The molecule has 98 valence electrons. The monoisotopic (exact) mass is 263 g/mol. The van der Waals surface area contributed by atoms with E-state index in [1.54, 1.807) is 13.8 Å². The highest BCUT2D eigenvalue weighted by molar-refractivity contribution is 8.00. The fourth-order valence-corrected chi connectivity index (χ4v) is 1.62. The zero-order valence-electron chi connectivity index (χ0n) is 10.1. The molecule has 0 saturated carbocycles. The van der Waals surface area contributed by atoms with Gasteiger partial charge in [0.15, 0.2) is 0 Å². The number of ether oxygens (including phenoxy) is 1. The molecule has 0 heterocycles. The topological polar surface area (TPSA) is 92.7 Å². The molecule has 0 fully saturated rings. The van der Waals surface area contributed by atoms with E-state index in [2.05, 4.69) is 10.1 Å². The molecule has 0 aliphatic heterocycles. The molecule has 0 spiro atoms. The van der Waals surface area contributed by atoms with E-state index < -0.39 is 18.0 Å². The smallest absolute Gasteiger partial charge is 0.328 e. The number of carboxylic acid groups (broad SMARTS) is 1. The molecule has 0 saturated heterocycles. The van der Waals surface area contributed by atoms with Crippen molar-refractivity contribution in [1.82, 2.24) is 5.32 Å². The van der Waals surface area contributed by atoms with Crippen LogP contribution in [0, 0.1) is 5.92 Å². The lowest BCUT2D eigenvalue weighted by molar-refractivity contribution is -0.146. The number of methoxy groups -OCH3 is 1. The minimum atomic E-state index is -0.976. The van der Waals surface area contributed by atoms with Gasteiger partial charge in [0.1, 0.15) is 6.04 Å². The van der Waals surface area contributed by atoms with Crippen LogP contribution in [0.5, 0.6) is 0 Å². The van der Waals surface area contributed by atoms with Crippen LogP contribution in [0.25, 0.3) is 0 Å². The Kier molecular flexibility index (Phi) is 7.36. The molecule has 1 atom stereocenters. The van der Waals surface area contributed by atoms with E-state index in [1.807, 2.05) is 0 Å². The molecule has 0 aromatic carbocycles. The van der Waals surface area contributed by atoms with Gasteiger partial charge in [-0.2, -0.15) is 0 Å². The third-order valence-electron chi connectivity index (χ3n) is 1.90.